The van der Waals surface area contributed by atoms with E-state index >= 15 is 0 Å². The molecule has 0 aromatic carbocycles. The molecule has 0 bridgehead atoms. The van der Waals surface area contributed by atoms with Crippen molar-refractivity contribution >= 4 is 6.03 Å². The van der Waals surface area contributed by atoms with Crippen LogP contribution in [0.25, 0.3) is 11.3 Å². The van der Waals surface area contributed by atoms with Crippen LogP contribution in [-0.2, 0) is 0 Å². The topological polar surface area (TPSA) is 71.0 Å². The Labute approximate surface area is 154 Å². The summed E-state index contributed by atoms with van der Waals surface area (Å²) in [7, 11) is 0. The molecule has 1 saturated heterocycles. The third-order valence-electron chi connectivity index (χ3n) is 5.46. The minimum absolute atomic E-state index is 0.0767. The van der Waals surface area contributed by atoms with Gasteiger partial charge in [-0.1, -0.05) is 0 Å². The van der Waals surface area contributed by atoms with E-state index in [4.69, 9.17) is 4.98 Å². The summed E-state index contributed by atoms with van der Waals surface area (Å²) in [5, 5.41) is 3.15. The van der Waals surface area contributed by atoms with Gasteiger partial charge in [0.05, 0.1) is 5.69 Å². The highest BCUT2D eigenvalue weighted by molar-refractivity contribution is 5.74. The Morgan fingerprint density at radius 2 is 2.00 bits per heavy atom. The summed E-state index contributed by atoms with van der Waals surface area (Å²) < 4.78 is 0. The highest BCUT2D eigenvalue weighted by atomic mass is 16.2. The second kappa shape index (κ2) is 7.40. The van der Waals surface area contributed by atoms with Gasteiger partial charge in [-0.05, 0) is 56.7 Å². The van der Waals surface area contributed by atoms with Gasteiger partial charge in [-0.2, -0.15) is 0 Å². The first-order valence-corrected chi connectivity index (χ1v) is 9.49. The van der Waals surface area contributed by atoms with Crippen LogP contribution < -0.4 is 5.32 Å². The summed E-state index contributed by atoms with van der Waals surface area (Å²) in [6.45, 7) is 3.63. The molecule has 136 valence electrons. The average molecular weight is 351 g/mol. The molecule has 1 saturated carbocycles. The molecule has 1 N–H and O–H groups in total. The molecule has 0 spiro atoms. The molecule has 1 aliphatic heterocycles. The molecule has 3 heterocycles. The second-order valence-corrected chi connectivity index (χ2v) is 7.38. The van der Waals surface area contributed by atoms with Crippen LogP contribution in [0.1, 0.15) is 44.3 Å². The molecule has 26 heavy (non-hydrogen) atoms. The number of pyridine rings is 1. The zero-order chi connectivity index (χ0) is 17.9. The molecule has 1 unspecified atom stereocenters. The predicted octanol–water partition coefficient (Wildman–Crippen LogP) is 3.23. The van der Waals surface area contributed by atoms with E-state index in [1.54, 1.807) is 6.20 Å². The summed E-state index contributed by atoms with van der Waals surface area (Å²) in [5.74, 6) is 1.86. The summed E-state index contributed by atoms with van der Waals surface area (Å²) in [5.41, 5.74) is 1.91. The lowest BCUT2D eigenvalue weighted by Crippen LogP contribution is -2.47. The highest BCUT2D eigenvalue weighted by Crippen LogP contribution is 2.32. The highest BCUT2D eigenvalue weighted by Gasteiger charge is 2.31. The Morgan fingerprint density at radius 1 is 1.19 bits per heavy atom. The normalized spacial score (nSPS) is 19.2. The third-order valence-corrected chi connectivity index (χ3v) is 5.46. The number of hydrogen-bond donors (Lipinski definition) is 1. The zero-order valence-electron chi connectivity index (χ0n) is 15.1. The van der Waals surface area contributed by atoms with Crippen molar-refractivity contribution in [2.24, 2.45) is 5.92 Å². The smallest absolute Gasteiger partial charge is 0.317 e. The van der Waals surface area contributed by atoms with Crippen molar-refractivity contribution in [3.8, 4) is 11.3 Å². The van der Waals surface area contributed by atoms with Crippen LogP contribution in [0.4, 0.5) is 4.79 Å². The minimum atomic E-state index is 0.0767. The predicted molar refractivity (Wildman–Crippen MR) is 99.5 cm³/mol. The Balaban J connectivity index is 1.36. The Hall–Kier alpha value is -2.50. The summed E-state index contributed by atoms with van der Waals surface area (Å²) in [6, 6.07) is 6.21. The van der Waals surface area contributed by atoms with Gasteiger partial charge in [0.15, 0.2) is 0 Å². The quantitative estimate of drug-likeness (QED) is 0.918. The summed E-state index contributed by atoms with van der Waals surface area (Å²) >= 11 is 0. The molecular weight excluding hydrogens is 326 g/mol. The lowest BCUT2D eigenvalue weighted by Gasteiger charge is -2.32. The molecule has 2 aromatic rings. The monoisotopic (exact) mass is 351 g/mol. The van der Waals surface area contributed by atoms with E-state index in [0.29, 0.717) is 17.9 Å². The molecule has 4 rings (SSSR count). The van der Waals surface area contributed by atoms with Crippen molar-refractivity contribution in [2.45, 2.75) is 44.6 Å². The van der Waals surface area contributed by atoms with Crippen LogP contribution in [0.15, 0.2) is 36.8 Å². The maximum atomic E-state index is 12.4. The van der Waals surface area contributed by atoms with Gasteiger partial charge in [-0.15, -0.1) is 0 Å². The Kier molecular flexibility index (Phi) is 4.82. The van der Waals surface area contributed by atoms with E-state index in [2.05, 4.69) is 22.2 Å². The van der Waals surface area contributed by atoms with Gasteiger partial charge in [0.1, 0.15) is 5.82 Å². The van der Waals surface area contributed by atoms with E-state index in [-0.39, 0.29) is 6.03 Å². The van der Waals surface area contributed by atoms with Gasteiger partial charge in [-0.3, -0.25) is 4.98 Å². The van der Waals surface area contributed by atoms with Gasteiger partial charge in [-0.25, -0.2) is 14.8 Å². The van der Waals surface area contributed by atoms with Crippen molar-refractivity contribution in [3.05, 3.63) is 42.6 Å². The van der Waals surface area contributed by atoms with E-state index in [1.165, 1.54) is 12.8 Å². The molecule has 2 aromatic heterocycles. The molecule has 0 radical (unpaired) electrons. The lowest BCUT2D eigenvalue weighted by molar-refractivity contribution is 0.176. The molecule has 1 atom stereocenters. The maximum Gasteiger partial charge on any atom is 0.317 e. The molecule has 2 amide bonds. The maximum absolute atomic E-state index is 12.4. The number of nitrogens with zero attached hydrogens (tertiary/aromatic N) is 4. The summed E-state index contributed by atoms with van der Waals surface area (Å²) in [6.07, 6.45) is 9.70. The van der Waals surface area contributed by atoms with E-state index in [9.17, 15) is 4.79 Å². The first-order chi connectivity index (χ1) is 12.7. The lowest BCUT2D eigenvalue weighted by atomic mass is 9.96. The molecule has 6 heteroatoms. The first kappa shape index (κ1) is 16.9. The number of carbonyl (C=O) groups excluding carboxylic acids is 1. The van der Waals surface area contributed by atoms with Crippen molar-refractivity contribution < 1.29 is 4.79 Å². The van der Waals surface area contributed by atoms with Gasteiger partial charge >= 0.3 is 6.03 Å². The summed E-state index contributed by atoms with van der Waals surface area (Å²) in [4.78, 5) is 27.7. The number of hydrogen-bond acceptors (Lipinski definition) is 4. The number of rotatable bonds is 4. The molecule has 6 nitrogen and oxygen atoms in total. The van der Waals surface area contributed by atoms with Crippen LogP contribution in [0, 0.1) is 5.92 Å². The number of amides is 2. The Bertz CT molecular complexity index is 754. The first-order valence-electron chi connectivity index (χ1n) is 9.49. The molecular formula is C20H25N5O. The van der Waals surface area contributed by atoms with E-state index in [0.717, 1.165) is 43.0 Å². The van der Waals surface area contributed by atoms with Gasteiger partial charge in [0.2, 0.25) is 0 Å². The SMILES string of the molecule is CC(NC(=O)N1CCC(c2nccc(-c3cccnc3)n2)CC1)C1CC1. The number of nitrogens with one attached hydrogen (secondary N) is 1. The van der Waals surface area contributed by atoms with Crippen molar-refractivity contribution in [2.75, 3.05) is 13.1 Å². The minimum Gasteiger partial charge on any atom is -0.335 e. The molecule has 1 aliphatic carbocycles. The standard InChI is InChI=1S/C20H25N5O/c1-14(15-4-5-15)23-20(26)25-11-7-16(8-12-25)19-22-10-6-18(24-19)17-3-2-9-21-13-17/h2-3,6,9-10,13-16H,4-5,7-8,11-12H2,1H3,(H,23,26). The second-order valence-electron chi connectivity index (χ2n) is 7.38. The average Bonchev–Trinajstić information content (AvgIpc) is 3.54. The number of piperidine rings is 1. The fourth-order valence-corrected chi connectivity index (χ4v) is 3.59. The van der Waals surface area contributed by atoms with Crippen molar-refractivity contribution in [3.63, 3.8) is 0 Å². The Morgan fingerprint density at radius 3 is 2.69 bits per heavy atom. The number of aromatic nitrogens is 3. The van der Waals surface area contributed by atoms with Crippen LogP contribution in [0.5, 0.6) is 0 Å². The number of urea groups is 1. The van der Waals surface area contributed by atoms with Gasteiger partial charge < -0.3 is 10.2 Å². The van der Waals surface area contributed by atoms with Crippen LogP contribution in [0.2, 0.25) is 0 Å². The van der Waals surface area contributed by atoms with Crippen LogP contribution in [0.3, 0.4) is 0 Å². The fourth-order valence-electron chi connectivity index (χ4n) is 3.59. The zero-order valence-corrected chi connectivity index (χ0v) is 15.1. The molecule has 2 fully saturated rings. The van der Waals surface area contributed by atoms with Gasteiger partial charge in [0.25, 0.3) is 0 Å². The van der Waals surface area contributed by atoms with Crippen molar-refractivity contribution in [1.29, 1.82) is 0 Å². The van der Waals surface area contributed by atoms with Crippen molar-refractivity contribution in [1.82, 2.24) is 25.2 Å². The van der Waals surface area contributed by atoms with Crippen LogP contribution in [-0.4, -0.2) is 45.0 Å². The largest absolute Gasteiger partial charge is 0.335 e. The van der Waals surface area contributed by atoms with Crippen LogP contribution >= 0.6 is 0 Å². The third kappa shape index (κ3) is 3.84. The number of carbonyl (C=O) groups is 1. The molecule has 2 aliphatic rings. The van der Waals surface area contributed by atoms with Gasteiger partial charge in [0, 0.05) is 49.2 Å². The fraction of sp³-hybridized carbons (Fsp3) is 0.500. The van der Waals surface area contributed by atoms with E-state index < -0.39 is 0 Å². The van der Waals surface area contributed by atoms with E-state index in [1.807, 2.05) is 35.5 Å². The number of likely N-dealkylation sites (tertiary alicyclic amines) is 1.